The largest absolute Gasteiger partial charge is 0.489 e. The molecule has 0 amide bonds. The number of rotatable bonds is 6. The molecule has 0 unspecified atom stereocenters. The van der Waals surface area contributed by atoms with Gasteiger partial charge in [0.2, 0.25) is 12.1 Å². The summed E-state index contributed by atoms with van der Waals surface area (Å²) in [5.74, 6) is 0.830. The smallest absolute Gasteiger partial charge is 0.224 e. The molecule has 8 nitrogen and oxygen atoms in total. The molecule has 1 aromatic heterocycles. The summed E-state index contributed by atoms with van der Waals surface area (Å²) in [6.45, 7) is 0.375. The van der Waals surface area contributed by atoms with Gasteiger partial charge in [-0.1, -0.05) is 35.9 Å². The fraction of sp³-hybridized carbons (Fsp3) is 0.0588. The van der Waals surface area contributed by atoms with Crippen LogP contribution in [0, 0.1) is 0 Å². The van der Waals surface area contributed by atoms with Crippen LogP contribution in [0.4, 0.5) is 5.82 Å². The second-order valence-electron chi connectivity index (χ2n) is 5.22. The predicted molar refractivity (Wildman–Crippen MR) is 97.8 cm³/mol. The van der Waals surface area contributed by atoms with Gasteiger partial charge in [-0.15, -0.1) is 5.10 Å². The van der Waals surface area contributed by atoms with Gasteiger partial charge in [0.15, 0.2) is 11.5 Å². The van der Waals surface area contributed by atoms with Crippen LogP contribution in [-0.2, 0) is 6.61 Å². The predicted octanol–water partition coefficient (Wildman–Crippen LogP) is 0.704. The Hall–Kier alpha value is -3.39. The molecule has 0 spiro atoms. The summed E-state index contributed by atoms with van der Waals surface area (Å²) in [7, 11) is 0. The van der Waals surface area contributed by atoms with Gasteiger partial charge < -0.3 is 16.2 Å². The Kier molecular flexibility index (Phi) is 5.45. The van der Waals surface area contributed by atoms with Crippen LogP contribution in [0.25, 0.3) is 0 Å². The fourth-order valence-electron chi connectivity index (χ4n) is 2.07. The molecule has 0 aliphatic carbocycles. The van der Waals surface area contributed by atoms with Gasteiger partial charge in [-0.3, -0.25) is 0 Å². The van der Waals surface area contributed by atoms with Crippen LogP contribution in [0.3, 0.4) is 0 Å². The van der Waals surface area contributed by atoms with Gasteiger partial charge in [-0.2, -0.15) is 0 Å². The van der Waals surface area contributed by atoms with Crippen molar-refractivity contribution >= 4 is 29.5 Å². The first kappa shape index (κ1) is 17.4. The highest BCUT2D eigenvalue weighted by molar-refractivity contribution is 6.31. The highest BCUT2D eigenvalue weighted by Gasteiger charge is 2.11. The third kappa shape index (κ3) is 4.37. The van der Waals surface area contributed by atoms with Crippen LogP contribution in [0.15, 0.2) is 58.3 Å². The molecule has 0 bridgehead atoms. The van der Waals surface area contributed by atoms with E-state index in [0.29, 0.717) is 17.4 Å². The Bertz CT molecular complexity index is 954. The quantitative estimate of drug-likeness (QED) is 0.332. The third-order valence-corrected chi connectivity index (χ3v) is 3.75. The lowest BCUT2D eigenvalue weighted by Gasteiger charge is -2.07. The summed E-state index contributed by atoms with van der Waals surface area (Å²) < 4.78 is 10.2. The fourth-order valence-corrected chi connectivity index (χ4v) is 2.26. The zero-order valence-electron chi connectivity index (χ0n) is 13.6. The van der Waals surface area contributed by atoms with Crippen molar-refractivity contribution in [3.8, 4) is 5.75 Å². The Labute approximate surface area is 154 Å². The Morgan fingerprint density at radius 1 is 1.23 bits per heavy atom. The number of nitrogens with two attached hydrogens (primary N) is 2. The topological polar surface area (TPSA) is 127 Å². The number of nitrogen functional groups attached to an aromatic ring is 1. The highest BCUT2D eigenvalue weighted by atomic mass is 35.5. The summed E-state index contributed by atoms with van der Waals surface area (Å²) in [5, 5.41) is 14.3. The second-order valence-corrected chi connectivity index (χ2v) is 5.63. The van der Waals surface area contributed by atoms with Crippen LogP contribution >= 0.6 is 11.6 Å². The number of anilines is 1. The third-order valence-electron chi connectivity index (χ3n) is 3.38. The first-order valence-electron chi connectivity index (χ1n) is 7.60. The molecule has 132 valence electrons. The van der Waals surface area contributed by atoms with Crippen LogP contribution in [0.1, 0.15) is 16.8 Å². The molecular formula is C17H16ClN6O2+. The Morgan fingerprint density at radius 2 is 2.08 bits per heavy atom. The van der Waals surface area contributed by atoms with E-state index in [9.17, 15) is 0 Å². The van der Waals surface area contributed by atoms with Crippen molar-refractivity contribution in [2.24, 2.45) is 10.8 Å². The molecule has 0 aliphatic rings. The lowest BCUT2D eigenvalue weighted by Crippen LogP contribution is -2.63. The maximum absolute atomic E-state index is 6.13. The van der Waals surface area contributed by atoms with Crippen molar-refractivity contribution in [2.45, 2.75) is 6.61 Å². The number of hydrazone groups is 1. The van der Waals surface area contributed by atoms with E-state index in [1.54, 1.807) is 6.21 Å². The molecule has 1 heterocycles. The van der Waals surface area contributed by atoms with Gasteiger partial charge in [0.1, 0.15) is 12.4 Å². The summed E-state index contributed by atoms with van der Waals surface area (Å²) >= 11 is 6.13. The number of amidine groups is 1. The van der Waals surface area contributed by atoms with Gasteiger partial charge in [-0.25, -0.2) is 4.63 Å². The van der Waals surface area contributed by atoms with Gasteiger partial charge >= 0.3 is 0 Å². The molecule has 0 radical (unpaired) electrons. The van der Waals surface area contributed by atoms with Crippen molar-refractivity contribution in [3.63, 3.8) is 0 Å². The van der Waals surface area contributed by atoms with Gasteiger partial charge in [0, 0.05) is 21.3 Å². The summed E-state index contributed by atoms with van der Waals surface area (Å²) in [6.07, 6.45) is 1.65. The second kappa shape index (κ2) is 8.13. The molecule has 3 rings (SSSR count). The lowest BCUT2D eigenvalue weighted by molar-refractivity contribution is -0.456. The number of ether oxygens (including phenoxy) is 1. The van der Waals surface area contributed by atoms with E-state index in [1.807, 2.05) is 48.5 Å². The number of halogens is 1. The van der Waals surface area contributed by atoms with Crippen LogP contribution < -0.4 is 21.3 Å². The monoisotopic (exact) mass is 371 g/mol. The van der Waals surface area contributed by atoms with E-state index in [1.165, 1.54) is 0 Å². The molecule has 0 saturated carbocycles. The van der Waals surface area contributed by atoms with E-state index in [0.717, 1.165) is 11.1 Å². The van der Waals surface area contributed by atoms with Crippen LogP contribution in [0.5, 0.6) is 5.75 Å². The molecule has 0 atom stereocenters. The Balaban J connectivity index is 1.65. The van der Waals surface area contributed by atoms with Gasteiger partial charge in [0.05, 0.1) is 0 Å². The lowest BCUT2D eigenvalue weighted by atomic mass is 10.2. The number of aromatic nitrogens is 2. The molecule has 0 saturated heterocycles. The van der Waals surface area contributed by atoms with Crippen molar-refractivity contribution in [2.75, 3.05) is 5.73 Å². The van der Waals surface area contributed by atoms with E-state index < -0.39 is 0 Å². The summed E-state index contributed by atoms with van der Waals surface area (Å²) in [6, 6.07) is 15.0. The molecule has 26 heavy (non-hydrogen) atoms. The van der Waals surface area contributed by atoms with Crippen molar-refractivity contribution < 1.29 is 14.5 Å². The highest BCUT2D eigenvalue weighted by Crippen LogP contribution is 2.18. The summed E-state index contributed by atoms with van der Waals surface area (Å²) in [4.78, 5) is 0. The standard InChI is InChI=1S/C17H15ClN6O2/c18-14-7-2-1-5-12(14)10-25-13-6-3-4-11(8-13)9-21-22-16(19)15-17(20)24-26-23-15/h1-9H,10H2,(H2,19,22)(H2,20,24)/p+1/b21-9+. The number of nitrogens with zero attached hydrogens (tertiary/aromatic N) is 3. The number of nitrogens with one attached hydrogen (secondary N) is 1. The zero-order chi connectivity index (χ0) is 18.4. The minimum Gasteiger partial charge on any atom is -0.489 e. The van der Waals surface area contributed by atoms with E-state index in [-0.39, 0.29) is 17.3 Å². The first-order chi connectivity index (χ1) is 12.6. The number of hydrogen-bond donors (Lipinski definition) is 3. The molecule has 0 aliphatic heterocycles. The van der Waals surface area contributed by atoms with E-state index >= 15 is 0 Å². The SMILES string of the molecule is NC(=N/[NH+]=C/c1cccc(OCc2ccccc2Cl)c1)c1nonc1N. The van der Waals surface area contributed by atoms with Crippen LogP contribution in [-0.4, -0.2) is 22.4 Å². The minimum atomic E-state index is 0.0612. The molecule has 2 aromatic carbocycles. The molecule has 3 aromatic rings. The van der Waals surface area contributed by atoms with Gasteiger partial charge in [-0.05, 0) is 34.6 Å². The minimum absolute atomic E-state index is 0.0612. The van der Waals surface area contributed by atoms with Gasteiger partial charge in [0.25, 0.3) is 0 Å². The van der Waals surface area contributed by atoms with E-state index in [2.05, 4.69) is 25.1 Å². The molecule has 0 fully saturated rings. The summed E-state index contributed by atoms with van der Waals surface area (Å²) in [5.41, 5.74) is 13.2. The average molecular weight is 372 g/mol. The number of hydrogen-bond acceptors (Lipinski definition) is 6. The van der Waals surface area contributed by atoms with Crippen molar-refractivity contribution in [1.82, 2.24) is 10.3 Å². The zero-order valence-corrected chi connectivity index (χ0v) is 14.3. The molecule has 9 heteroatoms. The van der Waals surface area contributed by atoms with Crippen molar-refractivity contribution in [3.05, 3.63) is 70.4 Å². The van der Waals surface area contributed by atoms with Crippen molar-refractivity contribution in [1.29, 1.82) is 0 Å². The first-order valence-corrected chi connectivity index (χ1v) is 7.98. The normalized spacial score (nSPS) is 11.8. The van der Waals surface area contributed by atoms with Crippen LogP contribution in [0.2, 0.25) is 5.02 Å². The maximum atomic E-state index is 6.13. The maximum Gasteiger partial charge on any atom is 0.224 e. The Morgan fingerprint density at radius 3 is 2.85 bits per heavy atom. The molecule has 5 N–H and O–H groups in total. The molecular weight excluding hydrogens is 356 g/mol. The number of benzene rings is 2. The van der Waals surface area contributed by atoms with E-state index in [4.69, 9.17) is 27.8 Å². The average Bonchev–Trinajstić information content (AvgIpc) is 3.07.